The molecule has 1 saturated heterocycles. The van der Waals surface area contributed by atoms with E-state index in [0.29, 0.717) is 12.5 Å². The lowest BCUT2D eigenvalue weighted by Gasteiger charge is -2.33. The van der Waals surface area contributed by atoms with Gasteiger partial charge in [0, 0.05) is 24.7 Å². The first-order valence-corrected chi connectivity index (χ1v) is 7.87. The average molecular weight is 288 g/mol. The third-order valence-electron chi connectivity index (χ3n) is 4.48. The van der Waals surface area contributed by atoms with E-state index in [1.54, 1.807) is 0 Å². The fourth-order valence-corrected chi connectivity index (χ4v) is 3.25. The molecule has 0 aromatic heterocycles. The van der Waals surface area contributed by atoms with E-state index in [-0.39, 0.29) is 5.91 Å². The van der Waals surface area contributed by atoms with Crippen molar-refractivity contribution in [3.05, 3.63) is 17.7 Å². The van der Waals surface area contributed by atoms with E-state index in [0.717, 1.165) is 42.1 Å². The molecule has 5 nitrogen and oxygen atoms in total. The van der Waals surface area contributed by atoms with E-state index in [2.05, 4.69) is 22.5 Å². The summed E-state index contributed by atoms with van der Waals surface area (Å²) in [6.07, 6.45) is 3.71. The van der Waals surface area contributed by atoms with Crippen molar-refractivity contribution in [1.82, 2.24) is 4.90 Å². The molecule has 0 radical (unpaired) electrons. The second-order valence-corrected chi connectivity index (χ2v) is 6.02. The van der Waals surface area contributed by atoms with Gasteiger partial charge in [-0.05, 0) is 50.0 Å². The number of rotatable bonds is 3. The number of carbonyl (C=O) groups excluding carboxylic acids is 1. The van der Waals surface area contributed by atoms with Crippen LogP contribution in [0.25, 0.3) is 0 Å². The van der Waals surface area contributed by atoms with Crippen molar-refractivity contribution in [2.75, 3.05) is 36.0 Å². The number of likely N-dealkylation sites (N-methyl/N-ethyl adjacent to an activating group) is 1. The minimum absolute atomic E-state index is 0.0908. The second kappa shape index (κ2) is 5.93. The Labute approximate surface area is 125 Å². The van der Waals surface area contributed by atoms with Crippen molar-refractivity contribution in [3.63, 3.8) is 0 Å². The molecule has 5 heteroatoms. The van der Waals surface area contributed by atoms with Crippen molar-refractivity contribution in [3.8, 4) is 0 Å². The van der Waals surface area contributed by atoms with Gasteiger partial charge in [0.1, 0.15) is 0 Å². The third kappa shape index (κ3) is 3.13. The van der Waals surface area contributed by atoms with Crippen molar-refractivity contribution >= 4 is 23.0 Å². The van der Waals surface area contributed by atoms with Gasteiger partial charge in [-0.3, -0.25) is 4.79 Å². The number of nitrogens with one attached hydrogen (secondary N) is 2. The summed E-state index contributed by atoms with van der Waals surface area (Å²) >= 11 is 0. The number of amides is 1. The number of aryl methyl sites for hydroxylation is 1. The van der Waals surface area contributed by atoms with Crippen molar-refractivity contribution < 1.29 is 4.79 Å². The molecule has 4 N–H and O–H groups in total. The lowest BCUT2D eigenvalue weighted by molar-refractivity contribution is -0.116. The average Bonchev–Trinajstić information content (AvgIpc) is 2.49. The van der Waals surface area contributed by atoms with E-state index in [1.807, 2.05) is 12.1 Å². The Morgan fingerprint density at radius 3 is 3.10 bits per heavy atom. The Morgan fingerprint density at radius 2 is 2.29 bits per heavy atom. The number of anilines is 3. The minimum atomic E-state index is 0.0908. The molecule has 21 heavy (non-hydrogen) atoms. The van der Waals surface area contributed by atoms with Gasteiger partial charge >= 0.3 is 0 Å². The van der Waals surface area contributed by atoms with Gasteiger partial charge in [-0.15, -0.1) is 0 Å². The van der Waals surface area contributed by atoms with Crippen LogP contribution in [0.15, 0.2) is 12.1 Å². The van der Waals surface area contributed by atoms with Crippen molar-refractivity contribution in [2.24, 2.45) is 0 Å². The zero-order valence-corrected chi connectivity index (χ0v) is 12.6. The molecular formula is C16H24N4O. The Morgan fingerprint density at radius 1 is 1.43 bits per heavy atom. The predicted molar refractivity (Wildman–Crippen MR) is 86.6 cm³/mol. The Bertz CT molecular complexity index is 543. The lowest BCUT2D eigenvalue weighted by Crippen LogP contribution is -2.41. The minimum Gasteiger partial charge on any atom is -0.397 e. The van der Waals surface area contributed by atoms with Gasteiger partial charge in [0.05, 0.1) is 11.4 Å². The summed E-state index contributed by atoms with van der Waals surface area (Å²) in [5, 5.41) is 6.50. The van der Waals surface area contributed by atoms with E-state index in [9.17, 15) is 4.79 Å². The summed E-state index contributed by atoms with van der Waals surface area (Å²) in [5.74, 6) is 0.0908. The first kappa shape index (κ1) is 14.2. The van der Waals surface area contributed by atoms with Crippen LogP contribution >= 0.6 is 0 Å². The summed E-state index contributed by atoms with van der Waals surface area (Å²) in [5.41, 5.74) is 9.94. The normalized spacial score (nSPS) is 22.5. The van der Waals surface area contributed by atoms with Gasteiger partial charge in [-0.2, -0.15) is 0 Å². The molecule has 1 amide bonds. The molecular weight excluding hydrogens is 264 g/mol. The molecule has 1 atom stereocenters. The molecule has 1 fully saturated rings. The SMILES string of the molecule is CCN1CCCC(Nc2cc3c(cc2N)CCC(=O)N3)C1. The highest BCUT2D eigenvalue weighted by Crippen LogP contribution is 2.32. The molecule has 1 unspecified atom stereocenters. The number of hydrogen-bond acceptors (Lipinski definition) is 4. The zero-order valence-electron chi connectivity index (χ0n) is 12.6. The molecule has 1 aromatic rings. The molecule has 2 aliphatic heterocycles. The Balaban J connectivity index is 1.76. The highest BCUT2D eigenvalue weighted by atomic mass is 16.1. The fourth-order valence-electron chi connectivity index (χ4n) is 3.25. The van der Waals surface area contributed by atoms with E-state index < -0.39 is 0 Å². The molecule has 0 saturated carbocycles. The number of likely N-dealkylation sites (tertiary alicyclic amines) is 1. The summed E-state index contributed by atoms with van der Waals surface area (Å²) in [6.45, 7) is 5.53. The highest BCUT2D eigenvalue weighted by Gasteiger charge is 2.21. The number of nitrogen functional groups attached to an aromatic ring is 1. The zero-order chi connectivity index (χ0) is 14.8. The third-order valence-corrected chi connectivity index (χ3v) is 4.48. The van der Waals surface area contributed by atoms with Crippen LogP contribution in [-0.2, 0) is 11.2 Å². The van der Waals surface area contributed by atoms with Gasteiger partial charge in [-0.1, -0.05) is 6.92 Å². The predicted octanol–water partition coefficient (Wildman–Crippen LogP) is 2.05. The maximum absolute atomic E-state index is 11.5. The largest absolute Gasteiger partial charge is 0.397 e. The van der Waals surface area contributed by atoms with Crippen molar-refractivity contribution in [1.29, 1.82) is 0 Å². The quantitative estimate of drug-likeness (QED) is 0.745. The van der Waals surface area contributed by atoms with Gasteiger partial charge in [0.15, 0.2) is 0 Å². The topological polar surface area (TPSA) is 70.4 Å². The summed E-state index contributed by atoms with van der Waals surface area (Å²) < 4.78 is 0. The number of nitrogens with two attached hydrogens (primary N) is 1. The Hall–Kier alpha value is -1.75. The fraction of sp³-hybridized carbons (Fsp3) is 0.562. The van der Waals surface area contributed by atoms with Crippen LogP contribution in [0.4, 0.5) is 17.1 Å². The molecule has 0 spiro atoms. The first-order chi connectivity index (χ1) is 10.2. The maximum Gasteiger partial charge on any atom is 0.224 e. The second-order valence-electron chi connectivity index (χ2n) is 6.02. The van der Waals surface area contributed by atoms with Crippen molar-refractivity contribution in [2.45, 2.75) is 38.6 Å². The molecule has 114 valence electrons. The summed E-state index contributed by atoms with van der Waals surface area (Å²) in [4.78, 5) is 14.0. The van der Waals surface area contributed by atoms with Crippen LogP contribution in [0.1, 0.15) is 31.7 Å². The molecule has 0 aliphatic carbocycles. The van der Waals surface area contributed by atoms with Gasteiger partial charge in [-0.25, -0.2) is 0 Å². The molecule has 3 rings (SSSR count). The molecule has 2 heterocycles. The smallest absolute Gasteiger partial charge is 0.224 e. The van der Waals surface area contributed by atoms with Crippen LogP contribution in [0, 0.1) is 0 Å². The number of carbonyl (C=O) groups is 1. The van der Waals surface area contributed by atoms with Crippen LogP contribution in [0.2, 0.25) is 0 Å². The monoisotopic (exact) mass is 288 g/mol. The number of benzene rings is 1. The number of piperidine rings is 1. The Kier molecular flexibility index (Phi) is 4.01. The lowest BCUT2D eigenvalue weighted by atomic mass is 10.0. The maximum atomic E-state index is 11.5. The molecule has 2 aliphatic rings. The van der Waals surface area contributed by atoms with E-state index in [4.69, 9.17) is 5.73 Å². The van der Waals surface area contributed by atoms with Gasteiger partial charge in [0.2, 0.25) is 5.91 Å². The summed E-state index contributed by atoms with van der Waals surface area (Å²) in [7, 11) is 0. The summed E-state index contributed by atoms with van der Waals surface area (Å²) in [6, 6.07) is 4.42. The number of nitrogens with zero attached hydrogens (tertiary/aromatic N) is 1. The van der Waals surface area contributed by atoms with Crippen LogP contribution in [0.3, 0.4) is 0 Å². The highest BCUT2D eigenvalue weighted by molar-refractivity contribution is 5.95. The standard InChI is InChI=1S/C16H24N4O/c1-2-20-7-3-4-12(10-20)18-15-9-14-11(8-13(15)17)5-6-16(21)19-14/h8-9,12,18H,2-7,10,17H2,1H3,(H,19,21). The first-order valence-electron chi connectivity index (χ1n) is 7.87. The van der Waals surface area contributed by atoms with Gasteiger partial charge in [0.25, 0.3) is 0 Å². The van der Waals surface area contributed by atoms with Gasteiger partial charge < -0.3 is 21.3 Å². The van der Waals surface area contributed by atoms with E-state index >= 15 is 0 Å². The van der Waals surface area contributed by atoms with Crippen LogP contribution in [0.5, 0.6) is 0 Å². The molecule has 1 aromatic carbocycles. The van der Waals surface area contributed by atoms with E-state index in [1.165, 1.54) is 19.4 Å². The number of fused-ring (bicyclic) bond motifs is 1. The van der Waals surface area contributed by atoms with Crippen LogP contribution < -0.4 is 16.4 Å². The van der Waals surface area contributed by atoms with Crippen LogP contribution in [-0.4, -0.2) is 36.5 Å². The number of hydrogen-bond donors (Lipinski definition) is 3. The molecule has 0 bridgehead atoms.